The van der Waals surface area contributed by atoms with Gasteiger partial charge in [-0.25, -0.2) is 4.39 Å². The monoisotopic (exact) mass is 292 g/mol. The molecule has 116 valence electrons. The molecular weight excluding hydrogens is 267 g/mol. The molecule has 0 aliphatic heterocycles. The van der Waals surface area contributed by atoms with Gasteiger partial charge in [-0.1, -0.05) is 31.4 Å². The summed E-state index contributed by atoms with van der Waals surface area (Å²) in [6.45, 7) is 1.93. The summed E-state index contributed by atoms with van der Waals surface area (Å²) >= 11 is 0. The molecule has 2 N–H and O–H groups in total. The second-order valence-corrected chi connectivity index (χ2v) is 6.11. The second kappa shape index (κ2) is 7.03. The third kappa shape index (κ3) is 4.27. The summed E-state index contributed by atoms with van der Waals surface area (Å²) < 4.78 is 12.9. The lowest BCUT2D eigenvalue weighted by Gasteiger charge is -2.37. The minimum atomic E-state index is -0.256. The van der Waals surface area contributed by atoms with E-state index < -0.39 is 0 Å². The number of carbonyl (C=O) groups excluding carboxylic acids is 1. The number of rotatable bonds is 5. The average molecular weight is 292 g/mol. The van der Waals surface area contributed by atoms with Crippen molar-refractivity contribution in [2.45, 2.75) is 57.0 Å². The Morgan fingerprint density at radius 1 is 1.24 bits per heavy atom. The van der Waals surface area contributed by atoms with Gasteiger partial charge in [-0.15, -0.1) is 0 Å². The molecule has 2 rings (SSSR count). The minimum absolute atomic E-state index is 0.0507. The number of amides is 1. The molecule has 0 saturated heterocycles. The largest absolute Gasteiger partial charge is 0.350 e. The zero-order valence-electron chi connectivity index (χ0n) is 12.9. The Kier molecular flexibility index (Phi) is 5.34. The van der Waals surface area contributed by atoms with Crippen molar-refractivity contribution in [3.63, 3.8) is 0 Å². The van der Waals surface area contributed by atoms with Gasteiger partial charge in [0.2, 0.25) is 5.91 Å². The second-order valence-electron chi connectivity index (χ2n) is 6.11. The normalized spacial score (nSPS) is 19.0. The number of nitrogens with one attached hydrogen (secondary N) is 2. The Morgan fingerprint density at radius 2 is 1.86 bits per heavy atom. The number of carbonyl (C=O) groups is 1. The van der Waals surface area contributed by atoms with Crippen molar-refractivity contribution < 1.29 is 9.18 Å². The quantitative estimate of drug-likeness (QED) is 0.874. The first-order valence-electron chi connectivity index (χ1n) is 7.78. The van der Waals surface area contributed by atoms with Crippen molar-refractivity contribution in [1.29, 1.82) is 0 Å². The molecule has 1 amide bonds. The van der Waals surface area contributed by atoms with Gasteiger partial charge in [0.1, 0.15) is 5.82 Å². The molecule has 0 bridgehead atoms. The van der Waals surface area contributed by atoms with Crippen LogP contribution in [-0.2, 0) is 4.79 Å². The minimum Gasteiger partial charge on any atom is -0.350 e. The van der Waals surface area contributed by atoms with Crippen molar-refractivity contribution in [3.05, 3.63) is 35.6 Å². The Labute approximate surface area is 126 Å². The highest BCUT2D eigenvalue weighted by molar-refractivity contribution is 5.77. The van der Waals surface area contributed by atoms with Gasteiger partial charge in [-0.05, 0) is 44.5 Å². The molecule has 1 atom stereocenters. The number of halogens is 1. The lowest BCUT2D eigenvalue weighted by Crippen LogP contribution is -2.48. The Bertz CT molecular complexity index is 466. The van der Waals surface area contributed by atoms with Crippen LogP contribution in [0.4, 0.5) is 4.39 Å². The summed E-state index contributed by atoms with van der Waals surface area (Å²) in [5, 5.41) is 6.38. The van der Waals surface area contributed by atoms with Crippen LogP contribution in [0.2, 0.25) is 0 Å². The van der Waals surface area contributed by atoms with E-state index in [1.54, 1.807) is 12.1 Å². The maximum absolute atomic E-state index is 12.9. The van der Waals surface area contributed by atoms with Crippen LogP contribution in [-0.4, -0.2) is 18.5 Å². The van der Waals surface area contributed by atoms with E-state index in [2.05, 4.69) is 10.6 Å². The summed E-state index contributed by atoms with van der Waals surface area (Å²) in [7, 11) is 1.95. The first-order chi connectivity index (χ1) is 10.0. The van der Waals surface area contributed by atoms with Crippen LogP contribution in [0.3, 0.4) is 0 Å². The molecule has 21 heavy (non-hydrogen) atoms. The summed E-state index contributed by atoms with van der Waals surface area (Å²) in [6.07, 6.45) is 6.25. The summed E-state index contributed by atoms with van der Waals surface area (Å²) in [4.78, 5) is 12.3. The zero-order chi connectivity index (χ0) is 15.3. The fourth-order valence-corrected chi connectivity index (χ4v) is 3.18. The zero-order valence-corrected chi connectivity index (χ0v) is 12.9. The molecule has 1 fully saturated rings. The predicted octanol–water partition coefficient (Wildman–Crippen LogP) is 3.32. The third-order valence-corrected chi connectivity index (χ3v) is 4.59. The standard InChI is InChI=1S/C17H25FN2O/c1-13(14-6-8-15(18)9-7-14)20-16(21)12-17(19-2)10-4-3-5-11-17/h6-9,13,19H,3-5,10-12H2,1-2H3,(H,20,21)/t13-/m1/s1. The van der Waals surface area contributed by atoms with Crippen LogP contribution in [0.25, 0.3) is 0 Å². The molecule has 3 nitrogen and oxygen atoms in total. The molecular formula is C17H25FN2O. The van der Waals surface area contributed by atoms with E-state index in [9.17, 15) is 9.18 Å². The van der Waals surface area contributed by atoms with E-state index in [1.807, 2.05) is 14.0 Å². The van der Waals surface area contributed by atoms with Crippen molar-refractivity contribution in [1.82, 2.24) is 10.6 Å². The molecule has 0 unspecified atom stereocenters. The van der Waals surface area contributed by atoms with E-state index in [-0.39, 0.29) is 23.3 Å². The molecule has 1 aromatic carbocycles. The smallest absolute Gasteiger partial charge is 0.222 e. The number of benzene rings is 1. The predicted molar refractivity (Wildman–Crippen MR) is 82.5 cm³/mol. The molecule has 1 aliphatic rings. The van der Waals surface area contributed by atoms with Crippen LogP contribution in [0, 0.1) is 5.82 Å². The highest BCUT2D eigenvalue weighted by atomic mass is 19.1. The van der Waals surface area contributed by atoms with Crippen LogP contribution < -0.4 is 10.6 Å². The number of hydrogen-bond acceptors (Lipinski definition) is 2. The van der Waals surface area contributed by atoms with Gasteiger partial charge in [0, 0.05) is 12.0 Å². The van der Waals surface area contributed by atoms with Gasteiger partial charge in [0.25, 0.3) is 0 Å². The number of hydrogen-bond donors (Lipinski definition) is 2. The molecule has 1 saturated carbocycles. The molecule has 0 radical (unpaired) electrons. The van der Waals surface area contributed by atoms with Gasteiger partial charge in [-0.2, -0.15) is 0 Å². The van der Waals surface area contributed by atoms with Gasteiger partial charge >= 0.3 is 0 Å². The van der Waals surface area contributed by atoms with E-state index >= 15 is 0 Å². The summed E-state index contributed by atoms with van der Waals surface area (Å²) in [6, 6.07) is 6.18. The Morgan fingerprint density at radius 3 is 2.43 bits per heavy atom. The lowest BCUT2D eigenvalue weighted by atomic mass is 9.79. The molecule has 0 spiro atoms. The van der Waals surface area contributed by atoms with Crippen LogP contribution >= 0.6 is 0 Å². The average Bonchev–Trinajstić information content (AvgIpc) is 2.48. The summed E-state index contributed by atoms with van der Waals surface area (Å²) in [5.41, 5.74) is 0.872. The van der Waals surface area contributed by atoms with Crippen molar-refractivity contribution in [2.75, 3.05) is 7.05 Å². The fourth-order valence-electron chi connectivity index (χ4n) is 3.18. The van der Waals surface area contributed by atoms with Crippen LogP contribution in [0.15, 0.2) is 24.3 Å². The molecule has 1 aliphatic carbocycles. The third-order valence-electron chi connectivity index (χ3n) is 4.59. The highest BCUT2D eigenvalue weighted by Crippen LogP contribution is 2.30. The molecule has 0 heterocycles. The van der Waals surface area contributed by atoms with Gasteiger partial charge in [0.15, 0.2) is 0 Å². The van der Waals surface area contributed by atoms with Crippen LogP contribution in [0.1, 0.15) is 57.1 Å². The first-order valence-corrected chi connectivity index (χ1v) is 7.78. The van der Waals surface area contributed by atoms with Gasteiger partial charge in [-0.3, -0.25) is 4.79 Å². The van der Waals surface area contributed by atoms with Gasteiger partial charge < -0.3 is 10.6 Å². The Balaban J connectivity index is 1.92. The maximum atomic E-state index is 12.9. The Hall–Kier alpha value is -1.42. The van der Waals surface area contributed by atoms with Crippen molar-refractivity contribution >= 4 is 5.91 Å². The van der Waals surface area contributed by atoms with Crippen LogP contribution in [0.5, 0.6) is 0 Å². The lowest BCUT2D eigenvalue weighted by molar-refractivity contribution is -0.123. The first kappa shape index (κ1) is 16.0. The van der Waals surface area contributed by atoms with E-state index in [4.69, 9.17) is 0 Å². The van der Waals surface area contributed by atoms with E-state index in [0.29, 0.717) is 6.42 Å². The maximum Gasteiger partial charge on any atom is 0.222 e. The fraction of sp³-hybridized carbons (Fsp3) is 0.588. The van der Waals surface area contributed by atoms with Crippen molar-refractivity contribution in [2.24, 2.45) is 0 Å². The van der Waals surface area contributed by atoms with E-state index in [1.165, 1.54) is 31.4 Å². The molecule has 1 aromatic rings. The molecule has 4 heteroatoms. The SMILES string of the molecule is CNC1(CC(=O)N[C@H](C)c2ccc(F)cc2)CCCCC1. The summed E-state index contributed by atoms with van der Waals surface area (Å²) in [5.74, 6) is -0.198. The highest BCUT2D eigenvalue weighted by Gasteiger charge is 2.32. The molecule has 0 aromatic heterocycles. The van der Waals surface area contributed by atoms with Gasteiger partial charge in [0.05, 0.1) is 6.04 Å². The van der Waals surface area contributed by atoms with Crippen molar-refractivity contribution in [3.8, 4) is 0 Å². The topological polar surface area (TPSA) is 41.1 Å². The van der Waals surface area contributed by atoms with E-state index in [0.717, 1.165) is 18.4 Å².